The van der Waals surface area contributed by atoms with Crippen molar-refractivity contribution >= 4 is 0 Å². The zero-order valence-electron chi connectivity index (χ0n) is 14.1. The van der Waals surface area contributed by atoms with Crippen molar-refractivity contribution in [2.24, 2.45) is 17.8 Å². The molecule has 22 heavy (non-hydrogen) atoms. The van der Waals surface area contributed by atoms with E-state index in [1.807, 2.05) is 6.07 Å². The fourth-order valence-corrected chi connectivity index (χ4v) is 4.73. The van der Waals surface area contributed by atoms with Crippen LogP contribution in [0.2, 0.25) is 0 Å². The summed E-state index contributed by atoms with van der Waals surface area (Å²) in [6, 6.07) is 5.41. The molecular weight excluding hydrogens is 271 g/mol. The number of fused-ring (bicyclic) bond motifs is 1. The predicted molar refractivity (Wildman–Crippen MR) is 91.5 cm³/mol. The average Bonchev–Trinajstić information content (AvgIpc) is 2.54. The van der Waals surface area contributed by atoms with Gasteiger partial charge in [0.1, 0.15) is 5.82 Å². The largest absolute Gasteiger partial charge is 0.207 e. The van der Waals surface area contributed by atoms with Gasteiger partial charge < -0.3 is 0 Å². The molecule has 1 saturated carbocycles. The van der Waals surface area contributed by atoms with Gasteiger partial charge in [0.2, 0.25) is 0 Å². The second-order valence-corrected chi connectivity index (χ2v) is 7.77. The lowest BCUT2D eigenvalue weighted by atomic mass is 9.75. The SMILES string of the molecule is CCC[C@H]1CC[C@H](CCC2CCc3cc(F)ccc3C2)CC1. The topological polar surface area (TPSA) is 0 Å². The molecule has 2 aliphatic carbocycles. The normalized spacial score (nSPS) is 28.4. The van der Waals surface area contributed by atoms with Crippen molar-refractivity contribution in [2.45, 2.75) is 77.6 Å². The van der Waals surface area contributed by atoms with Gasteiger partial charge in [-0.3, -0.25) is 0 Å². The summed E-state index contributed by atoms with van der Waals surface area (Å²) in [5.74, 6) is 2.78. The van der Waals surface area contributed by atoms with Crippen molar-refractivity contribution in [1.82, 2.24) is 0 Å². The van der Waals surface area contributed by atoms with Crippen LogP contribution in [0.3, 0.4) is 0 Å². The molecule has 1 heteroatoms. The monoisotopic (exact) mass is 302 g/mol. The quantitative estimate of drug-likeness (QED) is 0.597. The van der Waals surface area contributed by atoms with Gasteiger partial charge in [0, 0.05) is 0 Å². The Balaban J connectivity index is 1.43. The van der Waals surface area contributed by atoms with Gasteiger partial charge in [-0.15, -0.1) is 0 Å². The van der Waals surface area contributed by atoms with Crippen LogP contribution in [-0.4, -0.2) is 0 Å². The molecule has 1 unspecified atom stereocenters. The maximum Gasteiger partial charge on any atom is 0.123 e. The van der Waals surface area contributed by atoms with Crippen LogP contribution in [0.1, 0.15) is 75.8 Å². The van der Waals surface area contributed by atoms with Crippen LogP contribution in [0.5, 0.6) is 0 Å². The third-order valence-corrected chi connectivity index (χ3v) is 6.15. The molecule has 1 fully saturated rings. The summed E-state index contributed by atoms with van der Waals surface area (Å²) in [6.45, 7) is 2.32. The summed E-state index contributed by atoms with van der Waals surface area (Å²) >= 11 is 0. The molecule has 1 aromatic rings. The minimum atomic E-state index is -0.0685. The van der Waals surface area contributed by atoms with Gasteiger partial charge in [-0.1, -0.05) is 57.9 Å². The molecule has 0 saturated heterocycles. The van der Waals surface area contributed by atoms with Crippen molar-refractivity contribution in [2.75, 3.05) is 0 Å². The van der Waals surface area contributed by atoms with Crippen molar-refractivity contribution < 1.29 is 4.39 Å². The molecule has 0 N–H and O–H groups in total. The third-order valence-electron chi connectivity index (χ3n) is 6.15. The number of aryl methyl sites for hydroxylation is 1. The molecular formula is C21H31F. The van der Waals surface area contributed by atoms with Crippen LogP contribution >= 0.6 is 0 Å². The van der Waals surface area contributed by atoms with Crippen molar-refractivity contribution in [3.63, 3.8) is 0 Å². The molecule has 0 aliphatic heterocycles. The Morgan fingerprint density at radius 3 is 2.27 bits per heavy atom. The Kier molecular flexibility index (Phi) is 5.55. The van der Waals surface area contributed by atoms with E-state index >= 15 is 0 Å². The minimum Gasteiger partial charge on any atom is -0.207 e. The molecule has 3 rings (SSSR count). The first-order valence-electron chi connectivity index (χ1n) is 9.52. The van der Waals surface area contributed by atoms with Crippen LogP contribution in [0, 0.1) is 23.6 Å². The first-order valence-corrected chi connectivity index (χ1v) is 9.52. The summed E-state index contributed by atoms with van der Waals surface area (Å²) in [6.07, 6.45) is 15.1. The lowest BCUT2D eigenvalue weighted by Crippen LogP contribution is -2.18. The van der Waals surface area contributed by atoms with Gasteiger partial charge in [-0.25, -0.2) is 4.39 Å². The molecule has 0 spiro atoms. The number of hydrogen-bond acceptors (Lipinski definition) is 0. The van der Waals surface area contributed by atoms with E-state index in [1.165, 1.54) is 75.3 Å². The molecule has 0 bridgehead atoms. The highest BCUT2D eigenvalue weighted by atomic mass is 19.1. The third kappa shape index (κ3) is 4.12. The second kappa shape index (κ2) is 7.62. The highest BCUT2D eigenvalue weighted by Crippen LogP contribution is 2.36. The molecule has 1 atom stereocenters. The number of benzene rings is 1. The van der Waals surface area contributed by atoms with Gasteiger partial charge in [-0.2, -0.15) is 0 Å². The van der Waals surface area contributed by atoms with Gasteiger partial charge in [0.05, 0.1) is 0 Å². The first kappa shape index (κ1) is 16.0. The van der Waals surface area contributed by atoms with Crippen molar-refractivity contribution in [1.29, 1.82) is 0 Å². The molecule has 122 valence electrons. The summed E-state index contributed by atoms with van der Waals surface area (Å²) in [7, 11) is 0. The van der Waals surface area contributed by atoms with Crippen molar-refractivity contribution in [3.8, 4) is 0 Å². The number of hydrogen-bond donors (Lipinski definition) is 0. The molecule has 0 amide bonds. The molecule has 1 aromatic carbocycles. The first-order chi connectivity index (χ1) is 10.7. The maximum absolute atomic E-state index is 13.3. The smallest absolute Gasteiger partial charge is 0.123 e. The van der Waals surface area contributed by atoms with Gasteiger partial charge in [0.25, 0.3) is 0 Å². The number of halogens is 1. The predicted octanol–water partition coefficient (Wildman–Crippen LogP) is 6.32. The summed E-state index contributed by atoms with van der Waals surface area (Å²) < 4.78 is 13.3. The Hall–Kier alpha value is -0.850. The van der Waals surface area contributed by atoms with Gasteiger partial charge >= 0.3 is 0 Å². The average molecular weight is 302 g/mol. The van der Waals surface area contributed by atoms with Crippen LogP contribution < -0.4 is 0 Å². The van der Waals surface area contributed by atoms with Gasteiger partial charge in [0.15, 0.2) is 0 Å². The maximum atomic E-state index is 13.3. The summed E-state index contributed by atoms with van der Waals surface area (Å²) in [5.41, 5.74) is 2.67. The van der Waals surface area contributed by atoms with E-state index in [1.54, 1.807) is 12.1 Å². The van der Waals surface area contributed by atoms with Gasteiger partial charge in [-0.05, 0) is 66.7 Å². The van der Waals surface area contributed by atoms with E-state index in [4.69, 9.17) is 0 Å². The van der Waals surface area contributed by atoms with E-state index < -0.39 is 0 Å². The Labute approximate surface area is 135 Å². The molecule has 0 nitrogen and oxygen atoms in total. The zero-order chi connectivity index (χ0) is 15.4. The summed E-state index contributed by atoms with van der Waals surface area (Å²) in [5, 5.41) is 0. The van der Waals surface area contributed by atoms with E-state index in [0.717, 1.165) is 24.2 Å². The zero-order valence-corrected chi connectivity index (χ0v) is 14.1. The Morgan fingerprint density at radius 1 is 0.864 bits per heavy atom. The van der Waals surface area contributed by atoms with Crippen LogP contribution in [0.4, 0.5) is 4.39 Å². The van der Waals surface area contributed by atoms with E-state index in [2.05, 4.69) is 6.92 Å². The van der Waals surface area contributed by atoms with Crippen LogP contribution in [0.15, 0.2) is 18.2 Å². The van der Waals surface area contributed by atoms with E-state index in [0.29, 0.717) is 0 Å². The Morgan fingerprint density at radius 2 is 1.55 bits per heavy atom. The molecule has 2 aliphatic rings. The highest BCUT2D eigenvalue weighted by Gasteiger charge is 2.23. The van der Waals surface area contributed by atoms with E-state index in [-0.39, 0.29) is 5.82 Å². The minimum absolute atomic E-state index is 0.0685. The van der Waals surface area contributed by atoms with Crippen LogP contribution in [-0.2, 0) is 12.8 Å². The number of rotatable bonds is 5. The van der Waals surface area contributed by atoms with Crippen LogP contribution in [0.25, 0.3) is 0 Å². The second-order valence-electron chi connectivity index (χ2n) is 7.77. The lowest BCUT2D eigenvalue weighted by molar-refractivity contribution is 0.236. The molecule has 0 heterocycles. The lowest BCUT2D eigenvalue weighted by Gasteiger charge is -2.30. The highest BCUT2D eigenvalue weighted by molar-refractivity contribution is 5.30. The Bertz CT molecular complexity index is 471. The summed E-state index contributed by atoms with van der Waals surface area (Å²) in [4.78, 5) is 0. The van der Waals surface area contributed by atoms with Crippen molar-refractivity contribution in [3.05, 3.63) is 35.1 Å². The molecule has 0 aromatic heterocycles. The fraction of sp³-hybridized carbons (Fsp3) is 0.714. The standard InChI is InChI=1S/C21H31F/c1-2-3-16-4-6-17(7-5-16)8-9-18-10-11-20-15-21(22)13-12-19(20)14-18/h12-13,15-18H,2-11,14H2,1H3/t16-,17-,18?. The fourth-order valence-electron chi connectivity index (χ4n) is 4.73. The van der Waals surface area contributed by atoms with E-state index in [9.17, 15) is 4.39 Å². The molecule has 0 radical (unpaired) electrons.